The molecule has 2 heterocycles. The lowest BCUT2D eigenvalue weighted by Crippen LogP contribution is -2.33. The van der Waals surface area contributed by atoms with Crippen molar-refractivity contribution in [2.75, 3.05) is 0 Å². The Morgan fingerprint density at radius 2 is 1.82 bits per heavy atom. The monoisotopic (exact) mass is 450 g/mol. The van der Waals surface area contributed by atoms with E-state index in [-0.39, 0.29) is 23.3 Å². The fourth-order valence-electron chi connectivity index (χ4n) is 5.00. The van der Waals surface area contributed by atoms with Crippen molar-refractivity contribution in [2.45, 2.75) is 38.8 Å². The fraction of sp³-hybridized carbons (Fsp3) is 0.241. The van der Waals surface area contributed by atoms with Gasteiger partial charge in [-0.2, -0.15) is 0 Å². The molecular weight excluding hydrogens is 424 g/mol. The first-order valence-electron chi connectivity index (χ1n) is 11.7. The van der Waals surface area contributed by atoms with E-state index in [1.54, 1.807) is 18.2 Å². The van der Waals surface area contributed by atoms with Gasteiger partial charge in [-0.3, -0.25) is 0 Å². The molecule has 6 rings (SSSR count). The maximum atomic E-state index is 10.1. The molecule has 0 fully saturated rings. The predicted molar refractivity (Wildman–Crippen MR) is 133 cm³/mol. The number of benzene rings is 3. The van der Waals surface area contributed by atoms with Crippen LogP contribution in [0.2, 0.25) is 0 Å². The van der Waals surface area contributed by atoms with Crippen LogP contribution in [0.1, 0.15) is 43.0 Å². The van der Waals surface area contributed by atoms with Gasteiger partial charge in [0.25, 0.3) is 0 Å². The third-order valence-electron chi connectivity index (χ3n) is 6.94. The Bertz CT molecular complexity index is 1430. The summed E-state index contributed by atoms with van der Waals surface area (Å²) in [6, 6.07) is 25.3. The smallest absolute Gasteiger partial charge is 0.219 e. The van der Waals surface area contributed by atoms with Crippen molar-refractivity contribution < 1.29 is 14.6 Å². The summed E-state index contributed by atoms with van der Waals surface area (Å²) in [6.45, 7) is 4.55. The number of para-hydroxylation sites is 1. The van der Waals surface area contributed by atoms with Crippen LogP contribution in [0.3, 0.4) is 0 Å². The highest BCUT2D eigenvalue weighted by Gasteiger charge is 2.45. The first-order chi connectivity index (χ1) is 16.5. The van der Waals surface area contributed by atoms with Gasteiger partial charge in [0.15, 0.2) is 0 Å². The summed E-state index contributed by atoms with van der Waals surface area (Å²) in [4.78, 5) is 9.55. The molecule has 1 aliphatic heterocycles. The minimum Gasteiger partial charge on any atom is -0.506 e. The van der Waals surface area contributed by atoms with Gasteiger partial charge in [-0.05, 0) is 54.3 Å². The van der Waals surface area contributed by atoms with Crippen LogP contribution in [0, 0.1) is 5.41 Å². The van der Waals surface area contributed by atoms with E-state index in [1.807, 2.05) is 36.4 Å². The van der Waals surface area contributed by atoms with Crippen molar-refractivity contribution in [2.24, 2.45) is 10.4 Å². The number of pyridine rings is 1. The zero-order valence-corrected chi connectivity index (χ0v) is 19.2. The SMILES string of the molecule is CC1(C)CCc2ccccc2[C@@H]2N=C(c3cccc(Oc4ccc5cccc(O)c5n4)c3)O[C@H]21. The summed E-state index contributed by atoms with van der Waals surface area (Å²) in [5, 5.41) is 11.0. The average molecular weight is 451 g/mol. The first kappa shape index (κ1) is 20.7. The second kappa shape index (κ2) is 7.87. The van der Waals surface area contributed by atoms with E-state index >= 15 is 0 Å². The summed E-state index contributed by atoms with van der Waals surface area (Å²) < 4.78 is 12.6. The fourth-order valence-corrected chi connectivity index (χ4v) is 5.00. The molecule has 0 bridgehead atoms. The van der Waals surface area contributed by atoms with Crippen molar-refractivity contribution in [3.05, 3.63) is 95.6 Å². The van der Waals surface area contributed by atoms with Crippen LogP contribution in [0.15, 0.2) is 83.9 Å². The van der Waals surface area contributed by atoms with Crippen LogP contribution < -0.4 is 4.74 Å². The van der Waals surface area contributed by atoms with Crippen LogP contribution >= 0.6 is 0 Å². The molecule has 3 aromatic carbocycles. The maximum Gasteiger partial charge on any atom is 0.219 e. The van der Waals surface area contributed by atoms with Crippen LogP contribution in [-0.4, -0.2) is 22.1 Å². The highest BCUT2D eigenvalue weighted by molar-refractivity contribution is 5.96. The molecule has 5 nitrogen and oxygen atoms in total. The third kappa shape index (κ3) is 3.58. The summed E-state index contributed by atoms with van der Waals surface area (Å²) in [6.07, 6.45) is 2.08. The van der Waals surface area contributed by atoms with Crippen molar-refractivity contribution in [3.63, 3.8) is 0 Å². The lowest BCUT2D eigenvalue weighted by Gasteiger charge is -2.31. The Balaban J connectivity index is 1.32. The first-order valence-corrected chi connectivity index (χ1v) is 11.7. The van der Waals surface area contributed by atoms with Crippen molar-refractivity contribution in [3.8, 4) is 17.4 Å². The van der Waals surface area contributed by atoms with Gasteiger partial charge < -0.3 is 14.6 Å². The Morgan fingerprint density at radius 3 is 2.74 bits per heavy atom. The number of aromatic nitrogens is 1. The molecule has 2 atom stereocenters. The molecule has 170 valence electrons. The molecule has 0 unspecified atom stereocenters. The van der Waals surface area contributed by atoms with E-state index < -0.39 is 0 Å². The number of aromatic hydroxyl groups is 1. The van der Waals surface area contributed by atoms with Crippen LogP contribution in [-0.2, 0) is 11.2 Å². The third-order valence-corrected chi connectivity index (χ3v) is 6.94. The van der Waals surface area contributed by atoms with Gasteiger partial charge in [0.1, 0.15) is 29.2 Å². The lowest BCUT2D eigenvalue weighted by atomic mass is 9.80. The van der Waals surface area contributed by atoms with Crippen molar-refractivity contribution in [1.29, 1.82) is 0 Å². The van der Waals surface area contributed by atoms with Crippen molar-refractivity contribution in [1.82, 2.24) is 4.98 Å². The van der Waals surface area contributed by atoms with E-state index in [0.717, 1.165) is 23.8 Å². The van der Waals surface area contributed by atoms with Gasteiger partial charge in [0, 0.05) is 22.4 Å². The molecule has 1 aromatic heterocycles. The van der Waals surface area contributed by atoms with Gasteiger partial charge in [0.2, 0.25) is 11.8 Å². The number of aliphatic imine (C=N–C) groups is 1. The molecule has 5 heteroatoms. The highest BCUT2D eigenvalue weighted by Crippen LogP contribution is 2.46. The van der Waals surface area contributed by atoms with Gasteiger partial charge in [0.05, 0.1) is 0 Å². The van der Waals surface area contributed by atoms with Crippen LogP contribution in [0.4, 0.5) is 0 Å². The summed E-state index contributed by atoms with van der Waals surface area (Å²) in [5.74, 6) is 1.83. The molecule has 0 radical (unpaired) electrons. The second-order valence-corrected chi connectivity index (χ2v) is 9.73. The number of hydrogen-bond acceptors (Lipinski definition) is 5. The number of phenolic OH excluding ortho intramolecular Hbond substituents is 1. The number of nitrogens with zero attached hydrogens (tertiary/aromatic N) is 2. The lowest BCUT2D eigenvalue weighted by molar-refractivity contribution is 0.0611. The van der Waals surface area contributed by atoms with E-state index in [0.29, 0.717) is 23.0 Å². The highest BCUT2D eigenvalue weighted by atomic mass is 16.5. The topological polar surface area (TPSA) is 63.9 Å². The van der Waals surface area contributed by atoms with Gasteiger partial charge >= 0.3 is 0 Å². The van der Waals surface area contributed by atoms with E-state index in [1.165, 1.54) is 11.1 Å². The maximum absolute atomic E-state index is 10.1. The summed E-state index contributed by atoms with van der Waals surface area (Å²) in [5.41, 5.74) is 4.02. The minimum atomic E-state index is -0.0154. The van der Waals surface area contributed by atoms with Gasteiger partial charge in [-0.25, -0.2) is 9.98 Å². The molecule has 0 saturated carbocycles. The number of rotatable bonds is 3. The van der Waals surface area contributed by atoms with Crippen molar-refractivity contribution >= 4 is 16.8 Å². The van der Waals surface area contributed by atoms with Gasteiger partial charge in [-0.1, -0.05) is 56.3 Å². The van der Waals surface area contributed by atoms with Gasteiger partial charge in [-0.15, -0.1) is 0 Å². The normalized spacial score (nSPS) is 20.6. The molecular formula is C29H26N2O3. The predicted octanol–water partition coefficient (Wildman–Crippen LogP) is 6.59. The van der Waals surface area contributed by atoms with E-state index in [4.69, 9.17) is 14.5 Å². The van der Waals surface area contributed by atoms with E-state index in [2.05, 4.69) is 43.1 Å². The molecule has 2 aliphatic rings. The Labute approximate surface area is 198 Å². The second-order valence-electron chi connectivity index (χ2n) is 9.73. The zero-order valence-electron chi connectivity index (χ0n) is 19.2. The standard InChI is InChI=1S/C29H26N2O3/c1-29(2)16-15-18-7-3-4-11-22(18)26-27(29)34-28(31-26)20-9-5-10-21(17-20)33-24-14-13-19-8-6-12-23(32)25(19)30-24/h3-14,17,26-27,32H,15-16H2,1-2H3/t26-,27+/m0/s1. The number of fused-ring (bicyclic) bond motifs is 4. The molecule has 34 heavy (non-hydrogen) atoms. The quantitative estimate of drug-likeness (QED) is 0.382. The Hall–Kier alpha value is -3.86. The van der Waals surface area contributed by atoms with Crippen LogP contribution in [0.25, 0.3) is 10.9 Å². The molecule has 0 spiro atoms. The number of aryl methyl sites for hydroxylation is 1. The average Bonchev–Trinajstić information content (AvgIpc) is 3.27. The minimum absolute atomic E-state index is 0.0000634. The molecule has 0 saturated heterocycles. The zero-order chi connectivity index (χ0) is 23.3. The van der Waals surface area contributed by atoms with Crippen LogP contribution in [0.5, 0.6) is 17.4 Å². The number of ether oxygens (including phenoxy) is 2. The Morgan fingerprint density at radius 1 is 0.971 bits per heavy atom. The number of phenols is 1. The molecule has 1 aliphatic carbocycles. The molecule has 1 N–H and O–H groups in total. The molecule has 0 amide bonds. The summed E-state index contributed by atoms with van der Waals surface area (Å²) in [7, 11) is 0. The number of hydrogen-bond donors (Lipinski definition) is 1. The largest absolute Gasteiger partial charge is 0.506 e. The van der Waals surface area contributed by atoms with E-state index in [9.17, 15) is 5.11 Å². The molecule has 4 aromatic rings. The Kier molecular flexibility index (Phi) is 4.80. The summed E-state index contributed by atoms with van der Waals surface area (Å²) >= 11 is 0.